The van der Waals surface area contributed by atoms with E-state index in [-0.39, 0.29) is 25.9 Å². The molecule has 42 heavy (non-hydrogen) atoms. The third kappa shape index (κ3) is 7.15. The topological polar surface area (TPSA) is 56.3 Å². The van der Waals surface area contributed by atoms with Crippen molar-refractivity contribution in [3.8, 4) is 12.1 Å². The van der Waals surface area contributed by atoms with Crippen LogP contribution in [0.2, 0.25) is 0 Å². The van der Waals surface area contributed by atoms with Crippen molar-refractivity contribution in [3.63, 3.8) is 0 Å². The monoisotopic (exact) mass is 638 g/mol. The van der Waals surface area contributed by atoms with Crippen molar-refractivity contribution >= 4 is 67.7 Å². The molecule has 0 unspecified atom stereocenters. The van der Waals surface area contributed by atoms with E-state index in [4.69, 9.17) is 13.1 Å². The zero-order valence-electron chi connectivity index (χ0n) is 24.8. The van der Waals surface area contributed by atoms with E-state index >= 15 is 0 Å². The van der Waals surface area contributed by atoms with Crippen molar-refractivity contribution in [2.24, 2.45) is 0 Å². The van der Waals surface area contributed by atoms with Crippen molar-refractivity contribution in [3.05, 3.63) is 66.9 Å². The summed E-state index contributed by atoms with van der Waals surface area (Å²) in [6.45, 7) is 19.6. The molecule has 4 aromatic rings. The van der Waals surface area contributed by atoms with E-state index in [1.54, 1.807) is 11.3 Å². The number of thiophene rings is 1. The predicted molar refractivity (Wildman–Crippen MR) is 178 cm³/mol. The summed E-state index contributed by atoms with van der Waals surface area (Å²) in [7, 11) is 0. The van der Waals surface area contributed by atoms with Gasteiger partial charge in [0.25, 0.3) is 0 Å². The second-order valence-electron chi connectivity index (χ2n) is 11.1. The van der Waals surface area contributed by atoms with Crippen molar-refractivity contribution in [1.82, 2.24) is 0 Å². The number of hydrogen-bond acceptors (Lipinski definition) is 3. The molecular weight excluding hydrogens is 599 g/mol. The first-order chi connectivity index (χ1) is 20.6. The van der Waals surface area contributed by atoms with Crippen LogP contribution in [0, 0.1) is 35.8 Å². The molecule has 6 heteroatoms. The van der Waals surface area contributed by atoms with Gasteiger partial charge >= 0.3 is 254 Å². The number of benzene rings is 2. The van der Waals surface area contributed by atoms with E-state index in [1.165, 1.54) is 95.1 Å². The fraction of sp³-hybridized carbons (Fsp3) is 0.444. The zero-order chi connectivity index (χ0) is 29.9. The van der Waals surface area contributed by atoms with Crippen LogP contribution in [0.4, 0.5) is 0 Å². The zero-order valence-corrected chi connectivity index (χ0v) is 27.3. The molecule has 0 radical (unpaired) electrons. The Morgan fingerprint density at radius 3 is 1.86 bits per heavy atom. The maximum absolute atomic E-state index is 9.66. The summed E-state index contributed by atoms with van der Waals surface area (Å²) < 4.78 is 4.13. The van der Waals surface area contributed by atoms with Crippen LogP contribution in [-0.4, -0.2) is 14.5 Å². The minimum atomic E-state index is -0.0782. The second kappa shape index (κ2) is 15.7. The Hall–Kier alpha value is -3.38. The fourth-order valence-electron chi connectivity index (χ4n) is 5.81. The van der Waals surface area contributed by atoms with Gasteiger partial charge in [-0.15, -0.1) is 0 Å². The Balaban J connectivity index is 1.91. The van der Waals surface area contributed by atoms with Crippen LogP contribution in [0.1, 0.15) is 102 Å². The summed E-state index contributed by atoms with van der Waals surface area (Å²) in [4.78, 5) is 7.06. The first-order valence-corrected chi connectivity index (χ1v) is 17.9. The van der Waals surface area contributed by atoms with Gasteiger partial charge in [0.05, 0.1) is 0 Å². The summed E-state index contributed by atoms with van der Waals surface area (Å²) in [6.07, 6.45) is 16.7. The Kier molecular flexibility index (Phi) is 11.8. The Morgan fingerprint density at radius 1 is 0.714 bits per heavy atom. The molecule has 0 spiro atoms. The number of hydrogen-bond donors (Lipinski definition) is 0. The van der Waals surface area contributed by atoms with E-state index in [9.17, 15) is 10.5 Å². The maximum atomic E-state index is 9.66. The van der Waals surface area contributed by atoms with Crippen LogP contribution in [0.5, 0.6) is 0 Å². The van der Waals surface area contributed by atoms with Gasteiger partial charge in [0.15, 0.2) is 0 Å². The van der Waals surface area contributed by atoms with Crippen LogP contribution in [0.15, 0.2) is 24.3 Å². The molecule has 2 aromatic carbocycles. The predicted octanol–water partition coefficient (Wildman–Crippen LogP) is 9.17. The van der Waals surface area contributed by atoms with Gasteiger partial charge in [0.1, 0.15) is 0 Å². The number of rotatable bonds is 14. The van der Waals surface area contributed by atoms with Crippen molar-refractivity contribution < 1.29 is 0 Å². The first kappa shape index (κ1) is 31.6. The molecule has 0 aliphatic carbocycles. The standard InChI is InChI=1S/C36H38N4SSe/c1-5-7-9-11-13-15-17-25-19-29-28(30-21-32(41-34(25)30)36(39-3)40-4)20-26(18-16-14-12-10-8-6-2)35-31(29)22-33(42-35)27(23-37)24-38/h19-22H,5-18H2,1-2H3. The van der Waals surface area contributed by atoms with Gasteiger partial charge in [-0.05, 0) is 0 Å². The molecule has 214 valence electrons. The molecular formula is C36H38N4SSe. The summed E-state index contributed by atoms with van der Waals surface area (Å²) in [5.74, 6) is 0.135. The molecule has 0 bridgehead atoms. The van der Waals surface area contributed by atoms with E-state index < -0.39 is 0 Å². The van der Waals surface area contributed by atoms with Crippen molar-refractivity contribution in [1.29, 1.82) is 10.5 Å². The molecule has 0 aliphatic heterocycles. The number of nitriles is 2. The average molecular weight is 638 g/mol. The molecule has 0 atom stereocenters. The first-order valence-electron chi connectivity index (χ1n) is 15.3. The van der Waals surface area contributed by atoms with E-state index in [0.717, 1.165) is 45.1 Å². The Morgan fingerprint density at radius 2 is 1.26 bits per heavy atom. The fourth-order valence-corrected chi connectivity index (χ4v) is 9.39. The molecule has 0 amide bonds. The van der Waals surface area contributed by atoms with Crippen LogP contribution < -0.4 is 8.62 Å². The van der Waals surface area contributed by atoms with Gasteiger partial charge in [-0.2, -0.15) is 0 Å². The van der Waals surface area contributed by atoms with Crippen molar-refractivity contribution in [2.45, 2.75) is 104 Å². The third-order valence-electron chi connectivity index (χ3n) is 8.06. The van der Waals surface area contributed by atoms with E-state index in [0.29, 0.717) is 0 Å². The normalized spacial score (nSPS) is 10.9. The van der Waals surface area contributed by atoms with Crippen LogP contribution in [-0.2, 0) is 12.8 Å². The molecule has 0 aliphatic rings. The Labute approximate surface area is 260 Å². The number of aryl methyl sites for hydroxylation is 2. The average Bonchev–Trinajstić information content (AvgIpc) is 3.64. The van der Waals surface area contributed by atoms with Crippen LogP contribution in [0.3, 0.4) is 0 Å². The third-order valence-corrected chi connectivity index (χ3v) is 11.8. The summed E-state index contributed by atoms with van der Waals surface area (Å²) in [6, 6.07) is 13.1. The molecule has 0 saturated heterocycles. The Bertz CT molecular complexity index is 1690. The number of fused-ring (bicyclic) bond motifs is 5. The molecule has 2 aromatic heterocycles. The molecule has 0 fully saturated rings. The van der Waals surface area contributed by atoms with Crippen molar-refractivity contribution in [2.75, 3.05) is 0 Å². The number of unbranched alkanes of at least 4 members (excludes halogenated alkanes) is 10. The molecule has 2 heterocycles. The van der Waals surface area contributed by atoms with Gasteiger partial charge < -0.3 is 0 Å². The van der Waals surface area contributed by atoms with Gasteiger partial charge in [-0.25, -0.2) is 0 Å². The number of nitrogens with zero attached hydrogens (tertiary/aromatic N) is 4. The molecule has 4 rings (SSSR count). The molecule has 0 N–H and O–H groups in total. The van der Waals surface area contributed by atoms with E-state index in [2.05, 4.69) is 59.9 Å². The minimum absolute atomic E-state index is 0.0782. The molecule has 4 nitrogen and oxygen atoms in total. The van der Waals surface area contributed by atoms with Gasteiger partial charge in [0, 0.05) is 0 Å². The van der Waals surface area contributed by atoms with Crippen LogP contribution >= 0.6 is 11.3 Å². The second-order valence-corrected chi connectivity index (χ2v) is 14.3. The quantitative estimate of drug-likeness (QED) is 0.0787. The van der Waals surface area contributed by atoms with Gasteiger partial charge in [-0.1, -0.05) is 6.92 Å². The summed E-state index contributed by atoms with van der Waals surface area (Å²) in [5.41, 5.74) is 2.83. The summed E-state index contributed by atoms with van der Waals surface area (Å²) >= 11 is 1.50. The van der Waals surface area contributed by atoms with Crippen LogP contribution in [0.25, 0.3) is 51.6 Å². The molecule has 0 saturated carbocycles. The summed E-state index contributed by atoms with van der Waals surface area (Å²) in [5, 5.41) is 24.0. The van der Waals surface area contributed by atoms with E-state index in [1.807, 2.05) is 0 Å². The van der Waals surface area contributed by atoms with Gasteiger partial charge in [-0.3, -0.25) is 0 Å². The van der Waals surface area contributed by atoms with Gasteiger partial charge in [0.2, 0.25) is 0 Å². The SMILES string of the molecule is [C-]#[N+]C([N+]#[C-])=c1cc2c(s1)c(CCCCCCCC)cc1c3cc(=C(C#N)C#N)[se]c3c(CCCCCCCC)cc21.